The fourth-order valence-electron chi connectivity index (χ4n) is 3.32. The standard InChI is InChI=1S/C16H28N2O2/c1-16(2,3)14(19)13-7-5-9-18(11-13)15(20)12-6-4-8-17-10-12/h12-13,17H,4-11H2,1-3H3. The SMILES string of the molecule is CC(C)(C)C(=O)C1CCCN(C(=O)C2CCCNC2)C1. The van der Waals surface area contributed by atoms with E-state index in [1.165, 1.54) is 0 Å². The van der Waals surface area contributed by atoms with E-state index in [1.54, 1.807) is 0 Å². The second-order valence-electron chi connectivity index (χ2n) is 7.28. The van der Waals surface area contributed by atoms with Gasteiger partial charge in [-0.15, -0.1) is 0 Å². The van der Waals surface area contributed by atoms with Gasteiger partial charge in [-0.1, -0.05) is 20.8 Å². The molecular weight excluding hydrogens is 252 g/mol. The maximum absolute atomic E-state index is 12.5. The van der Waals surface area contributed by atoms with Crippen LogP contribution in [-0.4, -0.2) is 42.8 Å². The summed E-state index contributed by atoms with van der Waals surface area (Å²) in [5.74, 6) is 0.705. The van der Waals surface area contributed by atoms with E-state index < -0.39 is 0 Å². The largest absolute Gasteiger partial charge is 0.342 e. The second kappa shape index (κ2) is 6.25. The van der Waals surface area contributed by atoms with Crippen LogP contribution in [0.3, 0.4) is 0 Å². The number of nitrogens with one attached hydrogen (secondary N) is 1. The summed E-state index contributed by atoms with van der Waals surface area (Å²) in [6.07, 6.45) is 3.95. The molecule has 0 aliphatic carbocycles. The molecule has 114 valence electrons. The van der Waals surface area contributed by atoms with E-state index in [-0.39, 0.29) is 23.2 Å². The van der Waals surface area contributed by atoms with E-state index in [2.05, 4.69) is 5.32 Å². The van der Waals surface area contributed by atoms with Crippen LogP contribution in [0.5, 0.6) is 0 Å². The van der Waals surface area contributed by atoms with Gasteiger partial charge in [0.05, 0.1) is 5.92 Å². The molecule has 2 saturated heterocycles. The van der Waals surface area contributed by atoms with Crippen LogP contribution in [0, 0.1) is 17.3 Å². The number of likely N-dealkylation sites (tertiary alicyclic amines) is 1. The highest BCUT2D eigenvalue weighted by atomic mass is 16.2. The predicted molar refractivity (Wildman–Crippen MR) is 79.4 cm³/mol. The fraction of sp³-hybridized carbons (Fsp3) is 0.875. The second-order valence-corrected chi connectivity index (χ2v) is 7.28. The van der Waals surface area contributed by atoms with Gasteiger partial charge in [-0.2, -0.15) is 0 Å². The van der Waals surface area contributed by atoms with Crippen molar-refractivity contribution in [1.29, 1.82) is 0 Å². The molecule has 4 nitrogen and oxygen atoms in total. The zero-order chi connectivity index (χ0) is 14.8. The average Bonchev–Trinajstić information content (AvgIpc) is 2.46. The number of hydrogen-bond donors (Lipinski definition) is 1. The summed E-state index contributed by atoms with van der Waals surface area (Å²) in [6.45, 7) is 9.19. The molecule has 20 heavy (non-hydrogen) atoms. The van der Waals surface area contributed by atoms with Crippen LogP contribution in [0.4, 0.5) is 0 Å². The van der Waals surface area contributed by atoms with Crippen LogP contribution < -0.4 is 5.32 Å². The van der Waals surface area contributed by atoms with Crippen LogP contribution in [0.2, 0.25) is 0 Å². The van der Waals surface area contributed by atoms with Crippen LogP contribution in [0.25, 0.3) is 0 Å². The summed E-state index contributed by atoms with van der Waals surface area (Å²) in [5.41, 5.74) is -0.302. The van der Waals surface area contributed by atoms with Gasteiger partial charge < -0.3 is 10.2 Å². The molecule has 2 rings (SSSR count). The van der Waals surface area contributed by atoms with Gasteiger partial charge in [-0.05, 0) is 32.2 Å². The summed E-state index contributed by atoms with van der Waals surface area (Å²) < 4.78 is 0. The first kappa shape index (κ1) is 15.5. The summed E-state index contributed by atoms with van der Waals surface area (Å²) in [4.78, 5) is 26.9. The van der Waals surface area contributed by atoms with Gasteiger partial charge in [0.25, 0.3) is 0 Å². The van der Waals surface area contributed by atoms with Gasteiger partial charge in [0.2, 0.25) is 5.91 Å². The van der Waals surface area contributed by atoms with Crippen LogP contribution in [0.15, 0.2) is 0 Å². The molecule has 0 spiro atoms. The van der Waals surface area contributed by atoms with Crippen molar-refractivity contribution >= 4 is 11.7 Å². The third kappa shape index (κ3) is 3.60. The van der Waals surface area contributed by atoms with E-state index in [0.29, 0.717) is 12.3 Å². The Morgan fingerprint density at radius 1 is 1.10 bits per heavy atom. The quantitative estimate of drug-likeness (QED) is 0.839. The first-order valence-electron chi connectivity index (χ1n) is 7.93. The number of piperidine rings is 2. The molecule has 1 N–H and O–H groups in total. The molecule has 2 atom stereocenters. The number of ketones is 1. The highest BCUT2D eigenvalue weighted by Crippen LogP contribution is 2.28. The van der Waals surface area contributed by atoms with Gasteiger partial charge in [-0.3, -0.25) is 9.59 Å². The molecule has 2 heterocycles. The van der Waals surface area contributed by atoms with Gasteiger partial charge >= 0.3 is 0 Å². The molecule has 0 radical (unpaired) electrons. The molecule has 1 amide bonds. The van der Waals surface area contributed by atoms with Gasteiger partial charge in [0.15, 0.2) is 0 Å². The summed E-state index contributed by atoms with van der Waals surface area (Å²) in [5, 5.41) is 3.30. The lowest BCUT2D eigenvalue weighted by molar-refractivity contribution is -0.141. The van der Waals surface area contributed by atoms with Crippen molar-refractivity contribution in [3.63, 3.8) is 0 Å². The zero-order valence-corrected chi connectivity index (χ0v) is 13.1. The molecule has 0 bridgehead atoms. The number of carbonyl (C=O) groups is 2. The number of amides is 1. The minimum absolute atomic E-state index is 0.0317. The Morgan fingerprint density at radius 2 is 1.80 bits per heavy atom. The minimum Gasteiger partial charge on any atom is -0.342 e. The first-order chi connectivity index (χ1) is 9.39. The van der Waals surface area contributed by atoms with E-state index in [1.807, 2.05) is 25.7 Å². The molecule has 2 unspecified atom stereocenters. The lowest BCUT2D eigenvalue weighted by Crippen LogP contribution is -2.49. The Kier molecular flexibility index (Phi) is 4.84. The van der Waals surface area contributed by atoms with Crippen molar-refractivity contribution in [2.75, 3.05) is 26.2 Å². The number of Topliss-reactive ketones (excluding diaryl/α,β-unsaturated/α-hetero) is 1. The Labute approximate surface area is 122 Å². The monoisotopic (exact) mass is 280 g/mol. The Balaban J connectivity index is 1.96. The van der Waals surface area contributed by atoms with E-state index in [0.717, 1.165) is 45.3 Å². The van der Waals surface area contributed by atoms with Crippen molar-refractivity contribution in [1.82, 2.24) is 10.2 Å². The van der Waals surface area contributed by atoms with Crippen molar-refractivity contribution < 1.29 is 9.59 Å². The zero-order valence-electron chi connectivity index (χ0n) is 13.1. The van der Waals surface area contributed by atoms with Crippen molar-refractivity contribution in [2.45, 2.75) is 46.5 Å². The fourth-order valence-corrected chi connectivity index (χ4v) is 3.32. The highest BCUT2D eigenvalue weighted by Gasteiger charge is 2.35. The predicted octanol–water partition coefficient (Wildman–Crippen LogP) is 1.84. The van der Waals surface area contributed by atoms with Crippen LogP contribution in [0.1, 0.15) is 46.5 Å². The molecule has 2 aliphatic rings. The van der Waals surface area contributed by atoms with E-state index in [9.17, 15) is 9.59 Å². The smallest absolute Gasteiger partial charge is 0.226 e. The molecule has 0 aromatic rings. The van der Waals surface area contributed by atoms with Gasteiger partial charge in [0.1, 0.15) is 5.78 Å². The number of carbonyl (C=O) groups excluding carboxylic acids is 2. The van der Waals surface area contributed by atoms with E-state index in [4.69, 9.17) is 0 Å². The molecule has 4 heteroatoms. The van der Waals surface area contributed by atoms with Crippen molar-refractivity contribution in [3.05, 3.63) is 0 Å². The Hall–Kier alpha value is -0.900. The lowest BCUT2D eigenvalue weighted by atomic mass is 9.79. The molecule has 0 saturated carbocycles. The van der Waals surface area contributed by atoms with Gasteiger partial charge in [0, 0.05) is 31.0 Å². The maximum Gasteiger partial charge on any atom is 0.226 e. The van der Waals surface area contributed by atoms with Crippen molar-refractivity contribution in [3.8, 4) is 0 Å². The lowest BCUT2D eigenvalue weighted by Gasteiger charge is -2.37. The highest BCUT2D eigenvalue weighted by molar-refractivity contribution is 5.87. The molecule has 2 aliphatic heterocycles. The number of rotatable bonds is 2. The molecule has 0 aromatic heterocycles. The molecular formula is C16H28N2O2. The number of hydrogen-bond acceptors (Lipinski definition) is 3. The third-order valence-corrected chi connectivity index (χ3v) is 4.49. The summed E-state index contributed by atoms with van der Waals surface area (Å²) in [6, 6.07) is 0. The van der Waals surface area contributed by atoms with Crippen LogP contribution in [-0.2, 0) is 9.59 Å². The van der Waals surface area contributed by atoms with Crippen molar-refractivity contribution in [2.24, 2.45) is 17.3 Å². The summed E-state index contributed by atoms with van der Waals surface area (Å²) in [7, 11) is 0. The minimum atomic E-state index is -0.302. The maximum atomic E-state index is 12.5. The topological polar surface area (TPSA) is 49.4 Å². The normalized spacial score (nSPS) is 28.2. The molecule has 0 aromatic carbocycles. The first-order valence-corrected chi connectivity index (χ1v) is 7.93. The van der Waals surface area contributed by atoms with Crippen LogP contribution >= 0.6 is 0 Å². The number of nitrogens with zero attached hydrogens (tertiary/aromatic N) is 1. The third-order valence-electron chi connectivity index (χ3n) is 4.49. The average molecular weight is 280 g/mol. The molecule has 2 fully saturated rings. The Bertz CT molecular complexity index is 367. The Morgan fingerprint density at radius 3 is 2.40 bits per heavy atom. The summed E-state index contributed by atoms with van der Waals surface area (Å²) >= 11 is 0. The van der Waals surface area contributed by atoms with Gasteiger partial charge in [-0.25, -0.2) is 0 Å². The van der Waals surface area contributed by atoms with E-state index >= 15 is 0 Å².